The summed E-state index contributed by atoms with van der Waals surface area (Å²) in [7, 11) is 0. The van der Waals surface area contributed by atoms with Crippen molar-refractivity contribution in [3.8, 4) is 0 Å². The summed E-state index contributed by atoms with van der Waals surface area (Å²) in [5.41, 5.74) is 0. The monoisotopic (exact) mass is 312 g/mol. The van der Waals surface area contributed by atoms with Crippen molar-refractivity contribution in [1.29, 1.82) is 0 Å². The van der Waals surface area contributed by atoms with Gasteiger partial charge in [0.25, 0.3) is 0 Å². The van der Waals surface area contributed by atoms with Gasteiger partial charge >= 0.3 is 12.2 Å². The lowest BCUT2D eigenvalue weighted by Crippen LogP contribution is -2.54. The summed E-state index contributed by atoms with van der Waals surface area (Å²) in [6, 6.07) is -0.787. The van der Waals surface area contributed by atoms with Crippen LogP contribution in [-0.4, -0.2) is 61.7 Å². The minimum absolute atomic E-state index is 0.00344. The van der Waals surface area contributed by atoms with Crippen molar-refractivity contribution in [1.82, 2.24) is 10.2 Å². The molecule has 5 nitrogen and oxygen atoms in total. The molecule has 1 rings (SSSR count). The van der Waals surface area contributed by atoms with Crippen molar-refractivity contribution in [3.05, 3.63) is 0 Å². The molecule has 0 radical (unpaired) electrons. The summed E-state index contributed by atoms with van der Waals surface area (Å²) < 4.78 is 46.0. The number of nitrogens with one attached hydrogen (secondary N) is 1. The zero-order chi connectivity index (χ0) is 16.0. The molecule has 1 fully saturated rings. The van der Waals surface area contributed by atoms with Crippen molar-refractivity contribution in [2.45, 2.75) is 51.6 Å². The zero-order valence-corrected chi connectivity index (χ0v) is 12.6. The van der Waals surface area contributed by atoms with Crippen molar-refractivity contribution < 1.29 is 27.4 Å². The minimum Gasteiger partial charge on any atom is -0.372 e. The zero-order valence-electron chi connectivity index (χ0n) is 12.6. The lowest BCUT2D eigenvalue weighted by Gasteiger charge is -2.37. The number of halogens is 3. The highest BCUT2D eigenvalue weighted by atomic mass is 19.4. The molecule has 21 heavy (non-hydrogen) atoms. The Morgan fingerprint density at radius 3 is 2.71 bits per heavy atom. The average Bonchev–Trinajstić information content (AvgIpc) is 2.36. The van der Waals surface area contributed by atoms with E-state index in [1.807, 2.05) is 13.8 Å². The van der Waals surface area contributed by atoms with E-state index in [0.717, 1.165) is 6.42 Å². The number of ether oxygens (including phenoxy) is 2. The number of urea groups is 1. The first kappa shape index (κ1) is 18.0. The molecule has 0 aliphatic carbocycles. The van der Waals surface area contributed by atoms with Crippen LogP contribution < -0.4 is 5.32 Å². The number of morpholine rings is 1. The number of alkyl halides is 3. The predicted molar refractivity (Wildman–Crippen MR) is 71.1 cm³/mol. The second kappa shape index (κ2) is 7.84. The first-order chi connectivity index (χ1) is 9.71. The Kier molecular flexibility index (Phi) is 6.73. The van der Waals surface area contributed by atoms with Gasteiger partial charge in [-0.3, -0.25) is 0 Å². The van der Waals surface area contributed by atoms with E-state index < -0.39 is 18.8 Å². The molecule has 1 aliphatic rings. The Morgan fingerprint density at radius 1 is 1.48 bits per heavy atom. The standard InChI is InChI=1S/C13H23F3N2O3/c1-4-11-6-18(5-10(3)21-11)12(19)17-9(2)7-20-8-13(14,15)16/h9-11H,4-8H2,1-3H3,(H,17,19)/t9-,10-,11-/m1/s1. The molecule has 0 bridgehead atoms. The van der Waals surface area contributed by atoms with Crippen LogP contribution in [-0.2, 0) is 9.47 Å². The number of amides is 2. The molecule has 1 heterocycles. The second-order valence-electron chi connectivity index (χ2n) is 5.36. The van der Waals surface area contributed by atoms with Crippen LogP contribution in [0.3, 0.4) is 0 Å². The molecule has 0 aromatic carbocycles. The Balaban J connectivity index is 2.34. The van der Waals surface area contributed by atoms with E-state index in [1.165, 1.54) is 0 Å². The third-order valence-electron chi connectivity index (χ3n) is 3.07. The normalized spacial score (nSPS) is 24.8. The topological polar surface area (TPSA) is 50.8 Å². The van der Waals surface area contributed by atoms with Gasteiger partial charge in [-0.1, -0.05) is 6.92 Å². The van der Waals surface area contributed by atoms with Gasteiger partial charge in [0.2, 0.25) is 0 Å². The van der Waals surface area contributed by atoms with Crippen LogP contribution in [0.15, 0.2) is 0 Å². The maximum absolute atomic E-state index is 12.1. The molecule has 0 aromatic rings. The molecule has 0 saturated carbocycles. The number of carbonyl (C=O) groups excluding carboxylic acids is 1. The van der Waals surface area contributed by atoms with Crippen LogP contribution >= 0.6 is 0 Å². The summed E-state index contributed by atoms with van der Waals surface area (Å²) in [5, 5.41) is 2.64. The molecule has 0 spiro atoms. The van der Waals surface area contributed by atoms with E-state index in [9.17, 15) is 18.0 Å². The summed E-state index contributed by atoms with van der Waals surface area (Å²) in [6.07, 6.45) is -3.60. The Morgan fingerprint density at radius 2 is 2.14 bits per heavy atom. The van der Waals surface area contributed by atoms with Gasteiger partial charge in [0.15, 0.2) is 0 Å². The lowest BCUT2D eigenvalue weighted by atomic mass is 10.2. The maximum atomic E-state index is 12.1. The average molecular weight is 312 g/mol. The summed E-state index contributed by atoms with van der Waals surface area (Å²) in [4.78, 5) is 13.7. The van der Waals surface area contributed by atoms with E-state index in [1.54, 1.807) is 11.8 Å². The van der Waals surface area contributed by atoms with Crippen LogP contribution in [0.25, 0.3) is 0 Å². The third-order valence-corrected chi connectivity index (χ3v) is 3.07. The fourth-order valence-electron chi connectivity index (χ4n) is 2.13. The van der Waals surface area contributed by atoms with Gasteiger partial charge in [-0.2, -0.15) is 13.2 Å². The van der Waals surface area contributed by atoms with Crippen molar-refractivity contribution in [2.24, 2.45) is 0 Å². The van der Waals surface area contributed by atoms with Crippen LogP contribution in [0.5, 0.6) is 0 Å². The quantitative estimate of drug-likeness (QED) is 0.846. The number of nitrogens with zero attached hydrogens (tertiary/aromatic N) is 1. The summed E-state index contributed by atoms with van der Waals surface area (Å²) in [5.74, 6) is 0. The summed E-state index contributed by atoms with van der Waals surface area (Å²) in [6.45, 7) is 4.95. The molecule has 124 valence electrons. The van der Waals surface area contributed by atoms with Crippen LogP contribution in [0.4, 0.5) is 18.0 Å². The van der Waals surface area contributed by atoms with E-state index >= 15 is 0 Å². The van der Waals surface area contributed by atoms with Gasteiger partial charge in [-0.05, 0) is 20.3 Å². The fraction of sp³-hybridized carbons (Fsp3) is 0.923. The van der Waals surface area contributed by atoms with Gasteiger partial charge in [0.05, 0.1) is 24.9 Å². The second-order valence-corrected chi connectivity index (χ2v) is 5.36. The maximum Gasteiger partial charge on any atom is 0.411 e. The van der Waals surface area contributed by atoms with Crippen molar-refractivity contribution >= 4 is 6.03 Å². The minimum atomic E-state index is -4.35. The molecule has 1 saturated heterocycles. The predicted octanol–water partition coefficient (Wildman–Crippen LogP) is 2.16. The van der Waals surface area contributed by atoms with Gasteiger partial charge in [-0.15, -0.1) is 0 Å². The largest absolute Gasteiger partial charge is 0.411 e. The van der Waals surface area contributed by atoms with Gasteiger partial charge < -0.3 is 19.7 Å². The molecule has 3 atom stereocenters. The molecule has 1 aliphatic heterocycles. The molecule has 8 heteroatoms. The first-order valence-corrected chi connectivity index (χ1v) is 7.06. The highest BCUT2D eigenvalue weighted by Gasteiger charge is 2.29. The van der Waals surface area contributed by atoms with Crippen LogP contribution in [0, 0.1) is 0 Å². The fourth-order valence-corrected chi connectivity index (χ4v) is 2.13. The highest BCUT2D eigenvalue weighted by Crippen LogP contribution is 2.15. The third kappa shape index (κ3) is 6.99. The molecule has 1 N–H and O–H groups in total. The number of rotatable bonds is 5. The van der Waals surface area contributed by atoms with Crippen molar-refractivity contribution in [3.63, 3.8) is 0 Å². The van der Waals surface area contributed by atoms with E-state index in [0.29, 0.717) is 13.1 Å². The number of hydrogen-bond acceptors (Lipinski definition) is 3. The molecular weight excluding hydrogens is 289 g/mol. The van der Waals surface area contributed by atoms with Crippen molar-refractivity contribution in [2.75, 3.05) is 26.3 Å². The Hall–Kier alpha value is -1.02. The van der Waals surface area contributed by atoms with E-state index in [2.05, 4.69) is 10.1 Å². The molecule has 0 aromatic heterocycles. The van der Waals surface area contributed by atoms with Gasteiger partial charge in [-0.25, -0.2) is 4.79 Å². The first-order valence-electron chi connectivity index (χ1n) is 7.06. The number of hydrogen-bond donors (Lipinski definition) is 1. The summed E-state index contributed by atoms with van der Waals surface area (Å²) >= 11 is 0. The van der Waals surface area contributed by atoms with Gasteiger partial charge in [0, 0.05) is 13.1 Å². The van der Waals surface area contributed by atoms with E-state index in [4.69, 9.17) is 4.74 Å². The SMILES string of the molecule is CC[C@@H]1CN(C(=O)N[C@H](C)COCC(F)(F)F)C[C@@H](C)O1. The smallest absolute Gasteiger partial charge is 0.372 e. The lowest BCUT2D eigenvalue weighted by molar-refractivity contribution is -0.174. The number of carbonyl (C=O) groups is 1. The highest BCUT2D eigenvalue weighted by molar-refractivity contribution is 5.74. The molecule has 0 unspecified atom stereocenters. The molecular formula is C13H23F3N2O3. The van der Waals surface area contributed by atoms with Gasteiger partial charge in [0.1, 0.15) is 6.61 Å². The van der Waals surface area contributed by atoms with Crippen LogP contribution in [0.2, 0.25) is 0 Å². The molecule has 2 amide bonds. The van der Waals surface area contributed by atoms with E-state index in [-0.39, 0.29) is 24.8 Å². The Labute approximate surface area is 122 Å². The Bertz CT molecular complexity index is 339. The van der Waals surface area contributed by atoms with Crippen LogP contribution in [0.1, 0.15) is 27.2 Å².